The van der Waals surface area contributed by atoms with Gasteiger partial charge in [-0.2, -0.15) is 4.98 Å². The first-order valence-electron chi connectivity index (χ1n) is 6.19. The molecular weight excluding hydrogens is 246 g/mol. The van der Waals surface area contributed by atoms with Gasteiger partial charge in [0.1, 0.15) is 5.82 Å². The molecule has 1 rings (SSSR count). The summed E-state index contributed by atoms with van der Waals surface area (Å²) in [4.78, 5) is 19.5. The van der Waals surface area contributed by atoms with Crippen LogP contribution >= 0.6 is 0 Å². The lowest BCUT2D eigenvalue weighted by Gasteiger charge is -2.26. The fourth-order valence-electron chi connectivity index (χ4n) is 1.19. The molecule has 0 aliphatic rings. The number of carbonyl (C=O) groups is 1. The molecule has 0 radical (unpaired) electrons. The molecule has 0 saturated carbocycles. The van der Waals surface area contributed by atoms with Crippen LogP contribution in [0.5, 0.6) is 0 Å². The van der Waals surface area contributed by atoms with Gasteiger partial charge in [-0.15, -0.1) is 0 Å². The Morgan fingerprint density at radius 2 is 2.21 bits per heavy atom. The monoisotopic (exact) mass is 267 g/mol. The van der Waals surface area contributed by atoms with Gasteiger partial charge in [-0.1, -0.05) is 0 Å². The standard InChI is InChI=1S/C12H21N5O2/c1-5-13-11(18)17-9-6-7-14-10(16-9)15-8(2)12(3,4)19/h6-8,19H,5H2,1-4H3,(H3,13,14,15,16,17,18)/t8-/m0/s1. The second-order valence-corrected chi connectivity index (χ2v) is 4.77. The normalized spacial score (nSPS) is 12.7. The summed E-state index contributed by atoms with van der Waals surface area (Å²) >= 11 is 0. The van der Waals surface area contributed by atoms with E-state index >= 15 is 0 Å². The van der Waals surface area contributed by atoms with Crippen LogP contribution in [0.1, 0.15) is 27.7 Å². The van der Waals surface area contributed by atoms with Crippen molar-refractivity contribution in [3.05, 3.63) is 12.3 Å². The van der Waals surface area contributed by atoms with Crippen LogP contribution in [-0.2, 0) is 0 Å². The van der Waals surface area contributed by atoms with E-state index in [1.54, 1.807) is 19.9 Å². The van der Waals surface area contributed by atoms with Crippen LogP contribution in [0.2, 0.25) is 0 Å². The SMILES string of the molecule is CCNC(=O)Nc1ccnc(N[C@@H](C)C(C)(C)O)n1. The topological polar surface area (TPSA) is 99.2 Å². The summed E-state index contributed by atoms with van der Waals surface area (Å²) in [5.41, 5.74) is -0.896. The average molecular weight is 267 g/mol. The zero-order valence-electron chi connectivity index (χ0n) is 11.7. The molecule has 0 aliphatic heterocycles. The first-order chi connectivity index (χ1) is 8.82. The van der Waals surface area contributed by atoms with Gasteiger partial charge in [0.05, 0.1) is 11.6 Å². The minimum absolute atomic E-state index is 0.229. The van der Waals surface area contributed by atoms with Crippen molar-refractivity contribution < 1.29 is 9.90 Å². The first-order valence-corrected chi connectivity index (χ1v) is 6.19. The average Bonchev–Trinajstić information content (AvgIpc) is 2.28. The van der Waals surface area contributed by atoms with Crippen molar-refractivity contribution in [2.75, 3.05) is 17.2 Å². The van der Waals surface area contributed by atoms with Crippen LogP contribution in [-0.4, -0.2) is 39.3 Å². The van der Waals surface area contributed by atoms with Crippen molar-refractivity contribution in [3.8, 4) is 0 Å². The molecule has 2 amide bonds. The quantitative estimate of drug-likeness (QED) is 0.642. The van der Waals surface area contributed by atoms with Crippen LogP contribution in [0, 0.1) is 0 Å². The van der Waals surface area contributed by atoms with Crippen LogP contribution in [0.3, 0.4) is 0 Å². The van der Waals surface area contributed by atoms with Gasteiger partial charge in [0.15, 0.2) is 0 Å². The van der Waals surface area contributed by atoms with Gasteiger partial charge in [-0.3, -0.25) is 5.32 Å². The molecule has 0 spiro atoms. The fraction of sp³-hybridized carbons (Fsp3) is 0.583. The van der Waals surface area contributed by atoms with Crippen molar-refractivity contribution in [3.63, 3.8) is 0 Å². The number of hydrogen-bond donors (Lipinski definition) is 4. The molecule has 1 heterocycles. The molecule has 19 heavy (non-hydrogen) atoms. The number of nitrogens with zero attached hydrogens (tertiary/aromatic N) is 2. The summed E-state index contributed by atoms with van der Waals surface area (Å²) in [5, 5.41) is 18.0. The summed E-state index contributed by atoms with van der Waals surface area (Å²) in [6.45, 7) is 7.59. The lowest BCUT2D eigenvalue weighted by atomic mass is 10.0. The van der Waals surface area contributed by atoms with Crippen molar-refractivity contribution in [2.45, 2.75) is 39.3 Å². The predicted octanol–water partition coefficient (Wildman–Crippen LogP) is 1.19. The lowest BCUT2D eigenvalue weighted by molar-refractivity contribution is 0.0646. The van der Waals surface area contributed by atoms with Crippen LogP contribution in [0.25, 0.3) is 0 Å². The van der Waals surface area contributed by atoms with Gasteiger partial charge in [-0.25, -0.2) is 9.78 Å². The molecule has 0 aliphatic carbocycles. The maximum Gasteiger partial charge on any atom is 0.320 e. The van der Waals surface area contributed by atoms with Gasteiger partial charge in [0, 0.05) is 12.7 Å². The van der Waals surface area contributed by atoms with E-state index in [-0.39, 0.29) is 12.1 Å². The Morgan fingerprint density at radius 3 is 2.79 bits per heavy atom. The molecule has 7 heteroatoms. The molecule has 0 bridgehead atoms. The van der Waals surface area contributed by atoms with E-state index < -0.39 is 5.60 Å². The van der Waals surface area contributed by atoms with Crippen molar-refractivity contribution >= 4 is 17.8 Å². The number of anilines is 2. The van der Waals surface area contributed by atoms with Crippen molar-refractivity contribution in [1.82, 2.24) is 15.3 Å². The van der Waals surface area contributed by atoms with Gasteiger partial charge >= 0.3 is 6.03 Å². The minimum atomic E-state index is -0.896. The second kappa shape index (κ2) is 6.33. The Morgan fingerprint density at radius 1 is 1.53 bits per heavy atom. The maximum absolute atomic E-state index is 11.4. The van der Waals surface area contributed by atoms with Gasteiger partial charge in [0.25, 0.3) is 0 Å². The van der Waals surface area contributed by atoms with E-state index in [1.165, 1.54) is 6.20 Å². The number of urea groups is 1. The Kier molecular flexibility index (Phi) is 5.05. The van der Waals surface area contributed by atoms with E-state index in [1.807, 2.05) is 13.8 Å². The molecule has 7 nitrogen and oxygen atoms in total. The highest BCUT2D eigenvalue weighted by atomic mass is 16.3. The zero-order chi connectivity index (χ0) is 14.5. The zero-order valence-corrected chi connectivity index (χ0v) is 11.7. The summed E-state index contributed by atoms with van der Waals surface area (Å²) in [7, 11) is 0. The van der Waals surface area contributed by atoms with E-state index in [4.69, 9.17) is 0 Å². The number of hydrogen-bond acceptors (Lipinski definition) is 5. The summed E-state index contributed by atoms with van der Waals surface area (Å²) in [6, 6.07) is 1.05. The molecule has 0 aromatic carbocycles. The number of aliphatic hydroxyl groups is 1. The molecule has 106 valence electrons. The largest absolute Gasteiger partial charge is 0.388 e. The Labute approximate surface area is 112 Å². The predicted molar refractivity (Wildman–Crippen MR) is 74.1 cm³/mol. The Balaban J connectivity index is 2.69. The Bertz CT molecular complexity index is 430. The number of carbonyl (C=O) groups excluding carboxylic acids is 1. The van der Waals surface area contributed by atoms with Gasteiger partial charge in [-0.05, 0) is 33.8 Å². The van der Waals surface area contributed by atoms with Gasteiger partial charge < -0.3 is 15.7 Å². The third kappa shape index (κ3) is 5.09. The van der Waals surface area contributed by atoms with Crippen LogP contribution < -0.4 is 16.0 Å². The van der Waals surface area contributed by atoms with Crippen molar-refractivity contribution in [1.29, 1.82) is 0 Å². The molecule has 1 aromatic heterocycles. The maximum atomic E-state index is 11.4. The summed E-state index contributed by atoms with van der Waals surface area (Å²) in [6.07, 6.45) is 1.54. The van der Waals surface area contributed by atoms with E-state index in [2.05, 4.69) is 25.9 Å². The van der Waals surface area contributed by atoms with E-state index in [0.717, 1.165) is 0 Å². The highest BCUT2D eigenvalue weighted by Crippen LogP contribution is 2.13. The number of amides is 2. The van der Waals surface area contributed by atoms with Gasteiger partial charge in [0.2, 0.25) is 5.95 Å². The summed E-state index contributed by atoms with van der Waals surface area (Å²) < 4.78 is 0. The molecule has 0 saturated heterocycles. The van der Waals surface area contributed by atoms with E-state index in [0.29, 0.717) is 18.3 Å². The molecular formula is C12H21N5O2. The third-order valence-electron chi connectivity index (χ3n) is 2.64. The Hall–Kier alpha value is -1.89. The highest BCUT2D eigenvalue weighted by molar-refractivity contribution is 5.88. The smallest absolute Gasteiger partial charge is 0.320 e. The van der Waals surface area contributed by atoms with Crippen LogP contribution in [0.4, 0.5) is 16.6 Å². The fourth-order valence-corrected chi connectivity index (χ4v) is 1.19. The lowest BCUT2D eigenvalue weighted by Crippen LogP contribution is -2.39. The number of rotatable bonds is 5. The van der Waals surface area contributed by atoms with E-state index in [9.17, 15) is 9.90 Å². The highest BCUT2D eigenvalue weighted by Gasteiger charge is 2.22. The minimum Gasteiger partial charge on any atom is -0.388 e. The van der Waals surface area contributed by atoms with Crippen molar-refractivity contribution in [2.24, 2.45) is 0 Å². The molecule has 4 N–H and O–H groups in total. The van der Waals surface area contributed by atoms with Crippen LogP contribution in [0.15, 0.2) is 12.3 Å². The third-order valence-corrected chi connectivity index (χ3v) is 2.64. The molecule has 0 fully saturated rings. The summed E-state index contributed by atoms with van der Waals surface area (Å²) in [5.74, 6) is 0.746. The molecule has 0 unspecified atom stereocenters. The number of aromatic nitrogens is 2. The molecule has 1 atom stereocenters. The first kappa shape index (κ1) is 15.2. The molecule has 1 aromatic rings. The second-order valence-electron chi connectivity index (χ2n) is 4.77. The number of nitrogens with one attached hydrogen (secondary N) is 3.